The van der Waals surface area contributed by atoms with E-state index in [9.17, 15) is 9.59 Å². The summed E-state index contributed by atoms with van der Waals surface area (Å²) in [6.45, 7) is 2.23. The van der Waals surface area contributed by atoms with Gasteiger partial charge in [-0.15, -0.1) is 11.3 Å². The van der Waals surface area contributed by atoms with E-state index in [1.54, 1.807) is 6.08 Å². The summed E-state index contributed by atoms with van der Waals surface area (Å²) in [5.41, 5.74) is 6.67. The zero-order valence-electron chi connectivity index (χ0n) is 15.1. The van der Waals surface area contributed by atoms with E-state index in [0.29, 0.717) is 0 Å². The topological polar surface area (TPSA) is 76.0 Å². The van der Waals surface area contributed by atoms with Crippen LogP contribution in [0.1, 0.15) is 30.5 Å². The number of hydrazine groups is 1. The summed E-state index contributed by atoms with van der Waals surface area (Å²) in [6.07, 6.45) is 5.98. The number of aromatic nitrogens is 2. The predicted molar refractivity (Wildman–Crippen MR) is 108 cm³/mol. The Morgan fingerprint density at radius 1 is 1.19 bits per heavy atom. The molecule has 0 radical (unpaired) electrons. The third kappa shape index (κ3) is 5.04. The number of carbonyl (C=O) groups is 2. The number of para-hydroxylation sites is 2. The van der Waals surface area contributed by atoms with Crippen LogP contribution in [-0.2, 0) is 22.6 Å². The highest BCUT2D eigenvalue weighted by atomic mass is 32.1. The van der Waals surface area contributed by atoms with Gasteiger partial charge in [-0.3, -0.25) is 20.4 Å². The Balaban J connectivity index is 1.62. The van der Waals surface area contributed by atoms with Crippen LogP contribution in [-0.4, -0.2) is 21.4 Å². The van der Waals surface area contributed by atoms with Crippen molar-refractivity contribution in [1.82, 2.24) is 20.4 Å². The molecule has 6 nitrogen and oxygen atoms in total. The number of imidazole rings is 1. The van der Waals surface area contributed by atoms with Crippen molar-refractivity contribution in [2.75, 3.05) is 0 Å². The number of hydrogen-bond acceptors (Lipinski definition) is 4. The van der Waals surface area contributed by atoms with E-state index >= 15 is 0 Å². The normalized spacial score (nSPS) is 11.1. The minimum atomic E-state index is -0.376. The quantitative estimate of drug-likeness (QED) is 0.486. The molecule has 3 rings (SSSR count). The SMILES string of the molecule is CCCCc1nc2ccccc2n1CC(=O)NNC(=O)/C=C/c1cccs1. The lowest BCUT2D eigenvalue weighted by molar-refractivity contribution is -0.127. The predicted octanol–water partition coefficient (Wildman–Crippen LogP) is 3.30. The highest BCUT2D eigenvalue weighted by Gasteiger charge is 2.13. The molecule has 0 spiro atoms. The molecule has 2 N–H and O–H groups in total. The maximum atomic E-state index is 12.3. The molecular formula is C20H22N4O2S. The second-order valence-corrected chi connectivity index (χ2v) is 7.07. The summed E-state index contributed by atoms with van der Waals surface area (Å²) < 4.78 is 1.91. The lowest BCUT2D eigenvalue weighted by Gasteiger charge is -2.10. The van der Waals surface area contributed by atoms with E-state index in [-0.39, 0.29) is 18.4 Å². The molecule has 0 fully saturated rings. The Bertz CT molecular complexity index is 944. The van der Waals surface area contributed by atoms with Crippen molar-refractivity contribution in [3.05, 3.63) is 58.6 Å². The third-order valence-corrected chi connectivity index (χ3v) is 4.89. The molecule has 0 unspecified atom stereocenters. The van der Waals surface area contributed by atoms with Crippen LogP contribution in [0.2, 0.25) is 0 Å². The number of hydrogen-bond donors (Lipinski definition) is 2. The fraction of sp³-hybridized carbons (Fsp3) is 0.250. The number of unbranched alkanes of at least 4 members (excludes halogenated alkanes) is 1. The first kappa shape index (κ1) is 18.8. The molecule has 0 aliphatic rings. The van der Waals surface area contributed by atoms with Gasteiger partial charge in [0.2, 0.25) is 0 Å². The lowest BCUT2D eigenvalue weighted by Crippen LogP contribution is -2.42. The number of nitrogens with one attached hydrogen (secondary N) is 2. The van der Waals surface area contributed by atoms with Crippen LogP contribution in [0.15, 0.2) is 47.9 Å². The van der Waals surface area contributed by atoms with Gasteiger partial charge in [0.15, 0.2) is 0 Å². The highest BCUT2D eigenvalue weighted by molar-refractivity contribution is 7.10. The van der Waals surface area contributed by atoms with Crippen molar-refractivity contribution in [2.45, 2.75) is 32.7 Å². The van der Waals surface area contributed by atoms with E-state index in [1.807, 2.05) is 46.3 Å². The van der Waals surface area contributed by atoms with Gasteiger partial charge in [-0.25, -0.2) is 4.98 Å². The highest BCUT2D eigenvalue weighted by Crippen LogP contribution is 2.17. The number of aryl methyl sites for hydroxylation is 1. The van der Waals surface area contributed by atoms with Crippen LogP contribution < -0.4 is 10.9 Å². The first-order chi connectivity index (χ1) is 13.2. The zero-order chi connectivity index (χ0) is 19.1. The fourth-order valence-corrected chi connectivity index (χ4v) is 3.35. The van der Waals surface area contributed by atoms with Crippen molar-refractivity contribution >= 4 is 40.3 Å². The van der Waals surface area contributed by atoms with Gasteiger partial charge in [0.05, 0.1) is 11.0 Å². The standard InChI is InChI=1S/C20H22N4O2S/c1-2-3-10-18-21-16-8-4-5-9-17(16)24(18)14-20(26)23-22-19(25)12-11-15-7-6-13-27-15/h4-9,11-13H,2-3,10,14H2,1H3,(H,22,25)(H,23,26)/b12-11+. The summed E-state index contributed by atoms with van der Waals surface area (Å²) in [7, 11) is 0. The van der Waals surface area contributed by atoms with Crippen LogP contribution in [0.5, 0.6) is 0 Å². The summed E-state index contributed by atoms with van der Waals surface area (Å²) in [4.78, 5) is 29.8. The number of fused-ring (bicyclic) bond motifs is 1. The van der Waals surface area contributed by atoms with Crippen molar-refractivity contribution in [3.8, 4) is 0 Å². The maximum Gasteiger partial charge on any atom is 0.262 e. The third-order valence-electron chi connectivity index (χ3n) is 4.06. The fourth-order valence-electron chi connectivity index (χ4n) is 2.73. The Kier molecular flexibility index (Phi) is 6.38. The van der Waals surface area contributed by atoms with Crippen LogP contribution in [0.4, 0.5) is 0 Å². The molecule has 2 amide bonds. The molecule has 0 saturated heterocycles. The molecule has 0 aliphatic heterocycles. The van der Waals surface area contributed by atoms with Crippen LogP contribution in [0.25, 0.3) is 17.1 Å². The Morgan fingerprint density at radius 3 is 2.81 bits per heavy atom. The molecule has 7 heteroatoms. The van der Waals surface area contributed by atoms with Crippen LogP contribution in [0, 0.1) is 0 Å². The molecule has 0 bridgehead atoms. The van der Waals surface area contributed by atoms with Gasteiger partial charge in [-0.1, -0.05) is 31.5 Å². The number of amides is 2. The van der Waals surface area contributed by atoms with Gasteiger partial charge >= 0.3 is 0 Å². The second kappa shape index (κ2) is 9.14. The molecule has 0 saturated carbocycles. The Hall–Kier alpha value is -2.93. The first-order valence-electron chi connectivity index (χ1n) is 8.92. The molecule has 1 aromatic carbocycles. The number of benzene rings is 1. The van der Waals surface area contributed by atoms with E-state index < -0.39 is 0 Å². The second-order valence-electron chi connectivity index (χ2n) is 6.09. The molecule has 2 aromatic heterocycles. The molecule has 2 heterocycles. The van der Waals surface area contributed by atoms with E-state index in [0.717, 1.165) is 41.0 Å². The molecule has 140 valence electrons. The minimum Gasteiger partial charge on any atom is -0.318 e. The maximum absolute atomic E-state index is 12.3. The number of nitrogens with zero attached hydrogens (tertiary/aromatic N) is 2. The molecule has 0 aliphatic carbocycles. The van der Waals surface area contributed by atoms with Crippen molar-refractivity contribution < 1.29 is 9.59 Å². The summed E-state index contributed by atoms with van der Waals surface area (Å²) in [5, 5.41) is 1.94. The van der Waals surface area contributed by atoms with E-state index in [2.05, 4.69) is 22.8 Å². The average Bonchev–Trinajstić information content (AvgIpc) is 3.31. The van der Waals surface area contributed by atoms with Gasteiger partial charge in [0.25, 0.3) is 11.8 Å². The Labute approximate surface area is 161 Å². The molecule has 27 heavy (non-hydrogen) atoms. The summed E-state index contributed by atoms with van der Waals surface area (Å²) in [5.74, 6) is 0.212. The largest absolute Gasteiger partial charge is 0.318 e. The Morgan fingerprint density at radius 2 is 2.04 bits per heavy atom. The molecule has 0 atom stereocenters. The van der Waals surface area contributed by atoms with Gasteiger partial charge in [0.1, 0.15) is 12.4 Å². The van der Waals surface area contributed by atoms with Crippen molar-refractivity contribution in [3.63, 3.8) is 0 Å². The molecular weight excluding hydrogens is 360 g/mol. The van der Waals surface area contributed by atoms with E-state index in [1.165, 1.54) is 17.4 Å². The van der Waals surface area contributed by atoms with Crippen LogP contribution >= 0.6 is 11.3 Å². The number of rotatable bonds is 7. The van der Waals surface area contributed by atoms with Crippen molar-refractivity contribution in [1.29, 1.82) is 0 Å². The lowest BCUT2D eigenvalue weighted by atomic mass is 10.2. The summed E-state index contributed by atoms with van der Waals surface area (Å²) >= 11 is 1.54. The van der Waals surface area contributed by atoms with Gasteiger partial charge in [0, 0.05) is 17.4 Å². The van der Waals surface area contributed by atoms with E-state index in [4.69, 9.17) is 0 Å². The zero-order valence-corrected chi connectivity index (χ0v) is 16.0. The smallest absolute Gasteiger partial charge is 0.262 e. The minimum absolute atomic E-state index is 0.106. The van der Waals surface area contributed by atoms with Gasteiger partial charge in [-0.2, -0.15) is 0 Å². The van der Waals surface area contributed by atoms with Crippen LogP contribution in [0.3, 0.4) is 0 Å². The molecule has 3 aromatic rings. The van der Waals surface area contributed by atoms with Gasteiger partial charge in [-0.05, 0) is 36.1 Å². The van der Waals surface area contributed by atoms with Crippen molar-refractivity contribution in [2.24, 2.45) is 0 Å². The number of carbonyl (C=O) groups excluding carboxylic acids is 2. The van der Waals surface area contributed by atoms with Gasteiger partial charge < -0.3 is 4.57 Å². The summed E-state index contributed by atoms with van der Waals surface area (Å²) in [6, 6.07) is 11.6. The average molecular weight is 382 g/mol. The first-order valence-corrected chi connectivity index (χ1v) is 9.80. The number of thiophene rings is 1. The monoisotopic (exact) mass is 382 g/mol.